The molecule has 1 fully saturated rings. The molecule has 25 heavy (non-hydrogen) atoms. The zero-order chi connectivity index (χ0) is 18.1. The van der Waals surface area contributed by atoms with Crippen LogP contribution in [0, 0.1) is 5.92 Å². The summed E-state index contributed by atoms with van der Waals surface area (Å²) in [6, 6.07) is 1.85. The van der Waals surface area contributed by atoms with Gasteiger partial charge in [-0.1, -0.05) is 13.8 Å². The van der Waals surface area contributed by atoms with Crippen molar-refractivity contribution < 1.29 is 4.79 Å². The van der Waals surface area contributed by atoms with Gasteiger partial charge in [-0.05, 0) is 38.3 Å². The summed E-state index contributed by atoms with van der Waals surface area (Å²) < 4.78 is 0. The summed E-state index contributed by atoms with van der Waals surface area (Å²) in [5.41, 5.74) is 0. The number of rotatable bonds is 9. The third kappa shape index (κ3) is 5.96. The lowest BCUT2D eigenvalue weighted by atomic mass is 10.0. The van der Waals surface area contributed by atoms with Crippen molar-refractivity contribution in [3.05, 3.63) is 18.5 Å². The summed E-state index contributed by atoms with van der Waals surface area (Å²) in [5.74, 6) is 1.34. The summed E-state index contributed by atoms with van der Waals surface area (Å²) >= 11 is 0. The summed E-state index contributed by atoms with van der Waals surface area (Å²) in [7, 11) is 1.94. The molecule has 1 aromatic heterocycles. The Bertz CT molecular complexity index is 498. The Kier molecular flexibility index (Phi) is 8.12. The van der Waals surface area contributed by atoms with E-state index in [1.165, 1.54) is 0 Å². The van der Waals surface area contributed by atoms with E-state index in [0.717, 1.165) is 70.9 Å². The highest BCUT2D eigenvalue weighted by Gasteiger charge is 2.19. The van der Waals surface area contributed by atoms with Gasteiger partial charge in [0.1, 0.15) is 0 Å². The minimum Gasteiger partial charge on any atom is -0.346 e. The molecular weight excluding hydrogens is 314 g/mol. The highest BCUT2D eigenvalue weighted by molar-refractivity contribution is 5.78. The molecule has 0 bridgehead atoms. The molecule has 1 aliphatic heterocycles. The number of carbonyl (C=O) groups is 1. The smallest absolute Gasteiger partial charge is 0.225 e. The number of anilines is 1. The van der Waals surface area contributed by atoms with Gasteiger partial charge in [-0.15, -0.1) is 0 Å². The molecule has 0 unspecified atom stereocenters. The number of carbonyl (C=O) groups excluding carboxylic acids is 1. The van der Waals surface area contributed by atoms with Gasteiger partial charge in [-0.2, -0.15) is 0 Å². The van der Waals surface area contributed by atoms with Crippen LogP contribution in [0.25, 0.3) is 0 Å². The van der Waals surface area contributed by atoms with E-state index in [2.05, 4.69) is 33.6 Å². The topological polar surface area (TPSA) is 52.6 Å². The SMILES string of the molecule is CCC(CC)C(=O)N(C)CCCCN1CCN(c2ncccn2)CC1. The zero-order valence-corrected chi connectivity index (χ0v) is 16.0. The van der Waals surface area contributed by atoms with E-state index in [0.29, 0.717) is 5.91 Å². The Morgan fingerprint density at radius 1 is 1.12 bits per heavy atom. The second kappa shape index (κ2) is 10.3. The average Bonchev–Trinajstić information content (AvgIpc) is 2.67. The van der Waals surface area contributed by atoms with Crippen molar-refractivity contribution in [3.8, 4) is 0 Å². The first-order chi connectivity index (χ1) is 12.2. The first-order valence-electron chi connectivity index (χ1n) is 9.65. The van der Waals surface area contributed by atoms with Gasteiger partial charge in [0.15, 0.2) is 0 Å². The maximum absolute atomic E-state index is 12.3. The predicted octanol–water partition coefficient (Wildman–Crippen LogP) is 2.27. The molecule has 2 heterocycles. The molecule has 0 atom stereocenters. The van der Waals surface area contributed by atoms with E-state index >= 15 is 0 Å². The number of unbranched alkanes of at least 4 members (excludes halogenated alkanes) is 1. The van der Waals surface area contributed by atoms with Crippen molar-refractivity contribution in [2.75, 3.05) is 51.2 Å². The third-order valence-corrected chi connectivity index (χ3v) is 5.14. The summed E-state index contributed by atoms with van der Waals surface area (Å²) in [6.45, 7) is 10.2. The van der Waals surface area contributed by atoms with Crippen LogP contribution in [0.1, 0.15) is 39.5 Å². The molecule has 0 spiro atoms. The number of aromatic nitrogens is 2. The van der Waals surface area contributed by atoms with Crippen molar-refractivity contribution >= 4 is 11.9 Å². The fourth-order valence-electron chi connectivity index (χ4n) is 3.37. The van der Waals surface area contributed by atoms with Gasteiger partial charge in [0, 0.05) is 58.1 Å². The van der Waals surface area contributed by atoms with Crippen LogP contribution in [0.5, 0.6) is 0 Å². The van der Waals surface area contributed by atoms with E-state index in [4.69, 9.17) is 0 Å². The Morgan fingerprint density at radius 3 is 2.36 bits per heavy atom. The molecule has 1 amide bonds. The maximum atomic E-state index is 12.3. The van der Waals surface area contributed by atoms with Crippen LogP contribution in [-0.4, -0.2) is 72.0 Å². The zero-order valence-electron chi connectivity index (χ0n) is 16.0. The number of hydrogen-bond donors (Lipinski definition) is 0. The number of piperazine rings is 1. The standard InChI is InChI=1S/C19H33N5O/c1-4-17(5-2)18(25)22(3)11-6-7-12-23-13-15-24(16-14-23)19-20-9-8-10-21-19/h8-10,17H,4-7,11-16H2,1-3H3. The van der Waals surface area contributed by atoms with Gasteiger partial charge < -0.3 is 9.80 Å². The number of amides is 1. The van der Waals surface area contributed by atoms with Crippen molar-refractivity contribution in [1.29, 1.82) is 0 Å². The maximum Gasteiger partial charge on any atom is 0.225 e. The van der Waals surface area contributed by atoms with Crippen molar-refractivity contribution in [3.63, 3.8) is 0 Å². The Labute approximate surface area is 152 Å². The van der Waals surface area contributed by atoms with Crippen LogP contribution < -0.4 is 4.90 Å². The summed E-state index contributed by atoms with van der Waals surface area (Å²) in [5, 5.41) is 0. The number of nitrogens with zero attached hydrogens (tertiary/aromatic N) is 5. The van der Waals surface area contributed by atoms with Gasteiger partial charge in [0.05, 0.1) is 0 Å². The lowest BCUT2D eigenvalue weighted by Gasteiger charge is -2.34. The molecule has 0 aromatic carbocycles. The molecule has 1 aromatic rings. The predicted molar refractivity (Wildman–Crippen MR) is 102 cm³/mol. The van der Waals surface area contributed by atoms with E-state index in [9.17, 15) is 4.79 Å². The number of hydrogen-bond acceptors (Lipinski definition) is 5. The molecule has 6 nitrogen and oxygen atoms in total. The molecule has 2 rings (SSSR count). The van der Waals surface area contributed by atoms with Gasteiger partial charge >= 0.3 is 0 Å². The molecular formula is C19H33N5O. The van der Waals surface area contributed by atoms with Crippen LogP contribution >= 0.6 is 0 Å². The average molecular weight is 348 g/mol. The van der Waals surface area contributed by atoms with E-state index in [-0.39, 0.29) is 5.92 Å². The van der Waals surface area contributed by atoms with Crippen molar-refractivity contribution in [2.24, 2.45) is 5.92 Å². The second-order valence-electron chi connectivity index (χ2n) is 6.86. The van der Waals surface area contributed by atoms with Gasteiger partial charge in [0.2, 0.25) is 11.9 Å². The van der Waals surface area contributed by atoms with Crippen molar-refractivity contribution in [1.82, 2.24) is 19.8 Å². The largest absolute Gasteiger partial charge is 0.346 e. The Morgan fingerprint density at radius 2 is 1.76 bits per heavy atom. The minimum atomic E-state index is 0.193. The molecule has 6 heteroatoms. The van der Waals surface area contributed by atoms with Crippen molar-refractivity contribution in [2.45, 2.75) is 39.5 Å². The fraction of sp³-hybridized carbons (Fsp3) is 0.737. The minimum absolute atomic E-state index is 0.193. The third-order valence-electron chi connectivity index (χ3n) is 5.14. The summed E-state index contributed by atoms with van der Waals surface area (Å²) in [6.07, 6.45) is 7.69. The highest BCUT2D eigenvalue weighted by atomic mass is 16.2. The van der Waals surface area contributed by atoms with Crippen LogP contribution in [0.3, 0.4) is 0 Å². The monoisotopic (exact) mass is 347 g/mol. The molecule has 140 valence electrons. The van der Waals surface area contributed by atoms with Gasteiger partial charge in [0.25, 0.3) is 0 Å². The van der Waals surface area contributed by atoms with E-state index < -0.39 is 0 Å². The molecule has 0 N–H and O–H groups in total. The normalized spacial score (nSPS) is 15.6. The lowest BCUT2D eigenvalue weighted by Crippen LogP contribution is -2.47. The summed E-state index contributed by atoms with van der Waals surface area (Å²) in [4.78, 5) is 27.6. The molecule has 1 aliphatic rings. The fourth-order valence-corrected chi connectivity index (χ4v) is 3.37. The quantitative estimate of drug-likeness (QED) is 0.642. The Hall–Kier alpha value is -1.69. The molecule has 0 radical (unpaired) electrons. The molecule has 0 saturated carbocycles. The van der Waals surface area contributed by atoms with Crippen LogP contribution in [0.2, 0.25) is 0 Å². The van der Waals surface area contributed by atoms with Crippen LogP contribution in [0.4, 0.5) is 5.95 Å². The Balaban J connectivity index is 1.61. The highest BCUT2D eigenvalue weighted by Crippen LogP contribution is 2.12. The first-order valence-corrected chi connectivity index (χ1v) is 9.65. The van der Waals surface area contributed by atoms with Gasteiger partial charge in [-0.25, -0.2) is 9.97 Å². The van der Waals surface area contributed by atoms with E-state index in [1.54, 1.807) is 12.4 Å². The second-order valence-corrected chi connectivity index (χ2v) is 6.86. The van der Waals surface area contributed by atoms with Crippen LogP contribution in [0.15, 0.2) is 18.5 Å². The van der Waals surface area contributed by atoms with E-state index in [1.807, 2.05) is 18.0 Å². The lowest BCUT2D eigenvalue weighted by molar-refractivity contribution is -0.134. The first kappa shape index (κ1) is 19.6. The van der Waals surface area contributed by atoms with Crippen LogP contribution in [-0.2, 0) is 4.79 Å². The van der Waals surface area contributed by atoms with Gasteiger partial charge in [-0.3, -0.25) is 9.69 Å². The molecule has 1 saturated heterocycles. The molecule has 0 aliphatic carbocycles.